The van der Waals surface area contributed by atoms with Crippen LogP contribution in [0.5, 0.6) is 5.75 Å². The number of ether oxygens (including phenoxy) is 1. The molecule has 1 atom stereocenters. The fourth-order valence-electron chi connectivity index (χ4n) is 3.55. The van der Waals surface area contributed by atoms with Crippen molar-refractivity contribution in [3.63, 3.8) is 0 Å². The van der Waals surface area contributed by atoms with Crippen molar-refractivity contribution in [1.82, 2.24) is 9.97 Å². The van der Waals surface area contributed by atoms with Crippen molar-refractivity contribution in [1.29, 1.82) is 0 Å². The number of rotatable bonds is 7. The number of benzene rings is 2. The van der Waals surface area contributed by atoms with Crippen LogP contribution in [0, 0.1) is 15.9 Å². The molecule has 0 fully saturated rings. The highest BCUT2D eigenvalue weighted by Gasteiger charge is 2.35. The van der Waals surface area contributed by atoms with E-state index in [2.05, 4.69) is 25.9 Å². The van der Waals surface area contributed by atoms with Crippen LogP contribution in [-0.2, 0) is 9.59 Å². The maximum Gasteiger partial charge on any atom is 0.273 e. The molecule has 13 heteroatoms. The van der Waals surface area contributed by atoms with Crippen LogP contribution < -0.4 is 26.2 Å². The van der Waals surface area contributed by atoms with E-state index < -0.39 is 34.0 Å². The summed E-state index contributed by atoms with van der Waals surface area (Å²) < 4.78 is 18.5. The van der Waals surface area contributed by atoms with Crippen LogP contribution >= 0.6 is 0 Å². The lowest BCUT2D eigenvalue weighted by Crippen LogP contribution is -2.36. The minimum Gasteiger partial charge on any atom is -0.491 e. The molecule has 0 saturated carbocycles. The van der Waals surface area contributed by atoms with Gasteiger partial charge in [0.2, 0.25) is 17.8 Å². The first-order valence-electron chi connectivity index (χ1n) is 10.4. The van der Waals surface area contributed by atoms with E-state index in [9.17, 15) is 28.9 Å². The van der Waals surface area contributed by atoms with Gasteiger partial charge in [-0.2, -0.15) is 4.98 Å². The fraction of sp³-hybridized carbons (Fsp3) is 0.182. The molecule has 2 aromatic carbocycles. The number of hydrogen-bond donors (Lipinski definition) is 4. The normalized spacial score (nSPS) is 14.5. The largest absolute Gasteiger partial charge is 0.491 e. The standard InChI is InChI=1S/C22H19FN6O6/c1-2-35-16-9-13(29(33)34)7-8-15(16)25-20(31)14-10-17(30)26-19-18(14)21(32)28-22(27-19)24-12-5-3-11(23)4-6-12/h3-9,14H,2,10H2,1H3,(H,25,31)(H3,24,26,27,28,30,32)/t14-/m1/s1. The van der Waals surface area contributed by atoms with Gasteiger partial charge < -0.3 is 20.7 Å². The smallest absolute Gasteiger partial charge is 0.273 e. The number of amides is 2. The van der Waals surface area contributed by atoms with Crippen molar-refractivity contribution in [2.45, 2.75) is 19.3 Å². The highest BCUT2D eigenvalue weighted by atomic mass is 19.1. The van der Waals surface area contributed by atoms with Gasteiger partial charge in [-0.1, -0.05) is 0 Å². The van der Waals surface area contributed by atoms with E-state index in [1.807, 2.05) is 0 Å². The zero-order valence-corrected chi connectivity index (χ0v) is 18.3. The third-order valence-electron chi connectivity index (χ3n) is 5.11. The Bertz CT molecular complexity index is 1370. The van der Waals surface area contributed by atoms with Crippen LogP contribution in [0.15, 0.2) is 47.3 Å². The minimum absolute atomic E-state index is 0.0179. The summed E-state index contributed by atoms with van der Waals surface area (Å²) in [6.45, 7) is 1.86. The average Bonchev–Trinajstić information content (AvgIpc) is 2.81. The third kappa shape index (κ3) is 5.08. The van der Waals surface area contributed by atoms with Crippen LogP contribution in [0.4, 0.5) is 33.2 Å². The van der Waals surface area contributed by atoms with Gasteiger partial charge in [-0.15, -0.1) is 0 Å². The summed E-state index contributed by atoms with van der Waals surface area (Å²) in [5.74, 6) is -2.89. The molecule has 0 radical (unpaired) electrons. The number of fused-ring (bicyclic) bond motifs is 1. The topological polar surface area (TPSA) is 168 Å². The van der Waals surface area contributed by atoms with E-state index in [-0.39, 0.29) is 47.5 Å². The molecule has 4 N–H and O–H groups in total. The Kier molecular flexibility index (Phi) is 6.40. The molecule has 0 bridgehead atoms. The molecule has 12 nitrogen and oxygen atoms in total. The average molecular weight is 482 g/mol. The monoisotopic (exact) mass is 482 g/mol. The molecule has 3 aromatic rings. The van der Waals surface area contributed by atoms with Crippen LogP contribution in [0.25, 0.3) is 0 Å². The zero-order chi connectivity index (χ0) is 25.1. The number of nitrogens with zero attached hydrogens (tertiary/aromatic N) is 2. The van der Waals surface area contributed by atoms with E-state index in [4.69, 9.17) is 4.74 Å². The van der Waals surface area contributed by atoms with Gasteiger partial charge in [-0.05, 0) is 37.3 Å². The van der Waals surface area contributed by atoms with Gasteiger partial charge in [0.25, 0.3) is 11.2 Å². The number of anilines is 4. The van der Waals surface area contributed by atoms with Crippen molar-refractivity contribution >= 4 is 40.6 Å². The van der Waals surface area contributed by atoms with Crippen LogP contribution in [-0.4, -0.2) is 33.3 Å². The van der Waals surface area contributed by atoms with Gasteiger partial charge in [0.15, 0.2) is 0 Å². The maximum atomic E-state index is 13.1. The van der Waals surface area contributed by atoms with Crippen molar-refractivity contribution in [2.24, 2.45) is 0 Å². The number of hydrogen-bond acceptors (Lipinski definition) is 8. The Labute approximate surface area is 196 Å². The molecular formula is C22H19FN6O6. The minimum atomic E-state index is -1.18. The lowest BCUT2D eigenvalue weighted by atomic mass is 9.92. The molecule has 0 aliphatic carbocycles. The Morgan fingerprint density at radius 3 is 2.69 bits per heavy atom. The van der Waals surface area contributed by atoms with Crippen LogP contribution in [0.2, 0.25) is 0 Å². The molecule has 1 aromatic heterocycles. The molecular weight excluding hydrogens is 463 g/mol. The number of nitrogens with one attached hydrogen (secondary N) is 4. The number of non-ortho nitro benzene ring substituents is 1. The van der Waals surface area contributed by atoms with Gasteiger partial charge in [-0.3, -0.25) is 29.5 Å². The highest BCUT2D eigenvalue weighted by Crippen LogP contribution is 2.33. The summed E-state index contributed by atoms with van der Waals surface area (Å²) in [6, 6.07) is 8.98. The molecule has 35 heavy (non-hydrogen) atoms. The second kappa shape index (κ2) is 9.59. The van der Waals surface area contributed by atoms with Crippen LogP contribution in [0.1, 0.15) is 24.8 Å². The molecule has 2 heterocycles. The number of H-pyrrole nitrogens is 1. The summed E-state index contributed by atoms with van der Waals surface area (Å²) in [5.41, 5.74) is -0.350. The summed E-state index contributed by atoms with van der Waals surface area (Å²) in [7, 11) is 0. The molecule has 1 aliphatic rings. The predicted octanol–water partition coefficient (Wildman–Crippen LogP) is 3.02. The van der Waals surface area contributed by atoms with Gasteiger partial charge in [0.1, 0.15) is 17.4 Å². The summed E-state index contributed by atoms with van der Waals surface area (Å²) >= 11 is 0. The Hall–Kier alpha value is -4.81. The van der Waals surface area contributed by atoms with E-state index in [0.717, 1.165) is 0 Å². The van der Waals surface area contributed by atoms with E-state index in [0.29, 0.717) is 5.69 Å². The zero-order valence-electron chi connectivity index (χ0n) is 18.3. The number of aromatic amines is 1. The van der Waals surface area contributed by atoms with Crippen molar-refractivity contribution in [3.05, 3.63) is 74.3 Å². The Balaban J connectivity index is 1.63. The molecule has 1 aliphatic heterocycles. The molecule has 0 unspecified atom stereocenters. The second-order valence-electron chi connectivity index (χ2n) is 7.47. The van der Waals surface area contributed by atoms with Gasteiger partial charge in [-0.25, -0.2) is 4.39 Å². The van der Waals surface area contributed by atoms with Crippen molar-refractivity contribution < 1.29 is 23.6 Å². The number of carbonyl (C=O) groups is 2. The summed E-state index contributed by atoms with van der Waals surface area (Å²) in [4.78, 5) is 55.4. The summed E-state index contributed by atoms with van der Waals surface area (Å²) in [5, 5.41) is 18.9. The SMILES string of the molecule is CCOc1cc([N+](=O)[O-])ccc1NC(=O)[C@@H]1CC(=O)Nc2nc(Nc3ccc(F)cc3)[nH]c(=O)c21. The van der Waals surface area contributed by atoms with E-state index >= 15 is 0 Å². The number of nitro benzene ring substituents is 1. The molecule has 2 amide bonds. The molecule has 0 spiro atoms. The first-order valence-corrected chi connectivity index (χ1v) is 10.4. The third-order valence-corrected chi connectivity index (χ3v) is 5.11. The lowest BCUT2D eigenvalue weighted by Gasteiger charge is -2.24. The fourth-order valence-corrected chi connectivity index (χ4v) is 3.55. The molecule has 0 saturated heterocycles. The number of nitro groups is 1. The Morgan fingerprint density at radius 1 is 1.26 bits per heavy atom. The van der Waals surface area contributed by atoms with Gasteiger partial charge in [0, 0.05) is 18.2 Å². The lowest BCUT2D eigenvalue weighted by molar-refractivity contribution is -0.384. The highest BCUT2D eigenvalue weighted by molar-refractivity contribution is 6.05. The number of aromatic nitrogens is 2. The Morgan fingerprint density at radius 2 is 2.00 bits per heavy atom. The van der Waals surface area contributed by atoms with Crippen molar-refractivity contribution in [3.8, 4) is 5.75 Å². The summed E-state index contributed by atoms with van der Waals surface area (Å²) in [6.07, 6.45) is -0.314. The van der Waals surface area contributed by atoms with Gasteiger partial charge >= 0.3 is 0 Å². The number of carbonyl (C=O) groups excluding carboxylic acids is 2. The molecule has 4 rings (SSSR count). The van der Waals surface area contributed by atoms with Gasteiger partial charge in [0.05, 0.1) is 34.8 Å². The molecule has 180 valence electrons. The van der Waals surface area contributed by atoms with E-state index in [1.165, 1.54) is 42.5 Å². The first-order chi connectivity index (χ1) is 16.7. The van der Waals surface area contributed by atoms with Crippen molar-refractivity contribution in [2.75, 3.05) is 22.6 Å². The first kappa shape index (κ1) is 23.4. The van der Waals surface area contributed by atoms with E-state index in [1.54, 1.807) is 6.92 Å². The number of halogens is 1. The quantitative estimate of drug-likeness (QED) is 0.294. The van der Waals surface area contributed by atoms with Crippen LogP contribution in [0.3, 0.4) is 0 Å². The predicted molar refractivity (Wildman–Crippen MR) is 123 cm³/mol. The second-order valence-corrected chi connectivity index (χ2v) is 7.47. The maximum absolute atomic E-state index is 13.1.